The van der Waals surface area contributed by atoms with E-state index in [0.717, 1.165) is 5.75 Å². The van der Waals surface area contributed by atoms with Crippen LogP contribution in [0.1, 0.15) is 44.4 Å². The molecule has 2 aliphatic rings. The van der Waals surface area contributed by atoms with Crippen LogP contribution in [0, 0.1) is 6.92 Å². The maximum absolute atomic E-state index is 5.44. The van der Waals surface area contributed by atoms with Gasteiger partial charge in [0.1, 0.15) is 12.8 Å². The third-order valence-corrected chi connectivity index (χ3v) is 7.60. The number of benzene rings is 2. The monoisotopic (exact) mass is 479 g/mol. The molecule has 4 rings (SSSR count). The minimum absolute atomic E-state index is 0.00150. The molecule has 3 nitrogen and oxygen atoms in total. The molecule has 2 aromatic carbocycles. The molecule has 2 aliphatic heterocycles. The molecule has 0 saturated carbocycles. The Morgan fingerprint density at radius 1 is 0.806 bits per heavy atom. The van der Waals surface area contributed by atoms with Gasteiger partial charge in [-0.25, -0.2) is 0 Å². The molecule has 0 spiro atoms. The Morgan fingerprint density at radius 3 is 2.17 bits per heavy atom. The number of likely N-dealkylation sites (N-methyl/N-ethyl adjacent to an activating group) is 1. The van der Waals surface area contributed by atoms with Crippen molar-refractivity contribution in [2.45, 2.75) is 45.4 Å². The van der Waals surface area contributed by atoms with Gasteiger partial charge in [0.25, 0.3) is 0 Å². The molecule has 0 N–H and O–H groups in total. The van der Waals surface area contributed by atoms with Crippen LogP contribution in [0.2, 0.25) is 0 Å². The van der Waals surface area contributed by atoms with E-state index in [1.54, 1.807) is 7.11 Å². The van der Waals surface area contributed by atoms with Gasteiger partial charge in [-0.05, 0) is 56.7 Å². The van der Waals surface area contributed by atoms with Crippen LogP contribution in [0.5, 0.6) is 5.75 Å². The van der Waals surface area contributed by atoms with E-state index in [-0.39, 0.29) is 10.8 Å². The van der Waals surface area contributed by atoms with Gasteiger partial charge < -0.3 is 9.64 Å². The highest BCUT2D eigenvalue weighted by molar-refractivity contribution is 6.03. The summed E-state index contributed by atoms with van der Waals surface area (Å²) in [6.07, 6.45) is 19.0. The topological polar surface area (TPSA) is 15.5 Å². The van der Waals surface area contributed by atoms with Crippen LogP contribution in [0.3, 0.4) is 0 Å². The molecule has 0 aliphatic carbocycles. The summed E-state index contributed by atoms with van der Waals surface area (Å²) in [6, 6.07) is 13.0. The van der Waals surface area contributed by atoms with Crippen molar-refractivity contribution in [3.05, 3.63) is 113 Å². The second-order valence-corrected chi connectivity index (χ2v) is 10.7. The van der Waals surface area contributed by atoms with Crippen LogP contribution in [-0.4, -0.2) is 31.5 Å². The molecule has 0 aromatic heterocycles. The average Bonchev–Trinajstić information content (AvgIpc) is 3.15. The van der Waals surface area contributed by atoms with Crippen LogP contribution in [0.25, 0.3) is 0 Å². The summed E-state index contributed by atoms with van der Waals surface area (Å²) in [5.41, 5.74) is 9.03. The van der Waals surface area contributed by atoms with Crippen molar-refractivity contribution in [3.8, 4) is 5.75 Å². The van der Waals surface area contributed by atoms with E-state index in [0.29, 0.717) is 0 Å². The quantitative estimate of drug-likeness (QED) is 0.314. The van der Waals surface area contributed by atoms with E-state index >= 15 is 0 Å². The number of allylic oxidation sites excluding steroid dienone is 10. The van der Waals surface area contributed by atoms with Crippen LogP contribution in [-0.2, 0) is 10.8 Å². The summed E-state index contributed by atoms with van der Waals surface area (Å²) in [5.74, 6) is 0.900. The maximum Gasteiger partial charge on any atom is 0.209 e. The zero-order valence-electron chi connectivity index (χ0n) is 23.0. The first-order valence-corrected chi connectivity index (χ1v) is 12.6. The summed E-state index contributed by atoms with van der Waals surface area (Å²) in [6.45, 7) is 11.3. The summed E-state index contributed by atoms with van der Waals surface area (Å²) in [7, 11) is 6.01. The summed E-state index contributed by atoms with van der Waals surface area (Å²) < 4.78 is 7.75. The highest BCUT2D eigenvalue weighted by atomic mass is 16.5. The molecule has 0 atom stereocenters. The highest BCUT2D eigenvalue weighted by Gasteiger charge is 2.42. The second kappa shape index (κ2) is 9.81. The van der Waals surface area contributed by atoms with Gasteiger partial charge in [-0.3, -0.25) is 0 Å². The predicted molar refractivity (Wildman–Crippen MR) is 154 cm³/mol. The number of fused-ring (bicyclic) bond motifs is 2. The normalized spacial score (nSPS) is 19.6. The predicted octanol–water partition coefficient (Wildman–Crippen LogP) is 7.55. The molecule has 2 heterocycles. The molecule has 3 heteroatoms. The molecule has 0 amide bonds. The van der Waals surface area contributed by atoms with Crippen molar-refractivity contribution in [1.29, 1.82) is 0 Å². The molecule has 0 bridgehead atoms. The van der Waals surface area contributed by atoms with Crippen molar-refractivity contribution < 1.29 is 9.31 Å². The number of ether oxygens (including phenoxy) is 1. The lowest BCUT2D eigenvalue weighted by atomic mass is 9.81. The number of rotatable bonds is 6. The van der Waals surface area contributed by atoms with Crippen LogP contribution >= 0.6 is 0 Å². The number of anilines is 1. The van der Waals surface area contributed by atoms with E-state index in [1.807, 2.05) is 6.07 Å². The van der Waals surface area contributed by atoms with Gasteiger partial charge in [-0.1, -0.05) is 68.0 Å². The van der Waals surface area contributed by atoms with Crippen molar-refractivity contribution in [3.63, 3.8) is 0 Å². The number of hydrogen-bond donors (Lipinski definition) is 0. The molecule has 0 saturated heterocycles. The maximum atomic E-state index is 5.44. The van der Waals surface area contributed by atoms with Gasteiger partial charge in [-0.2, -0.15) is 4.58 Å². The van der Waals surface area contributed by atoms with E-state index < -0.39 is 0 Å². The molecular weight excluding hydrogens is 440 g/mol. The molecule has 0 fully saturated rings. The Balaban J connectivity index is 1.39. The Morgan fingerprint density at radius 2 is 1.47 bits per heavy atom. The van der Waals surface area contributed by atoms with E-state index in [9.17, 15) is 0 Å². The lowest BCUT2D eigenvalue weighted by molar-refractivity contribution is -0.401. The first kappa shape index (κ1) is 25.5. The van der Waals surface area contributed by atoms with Crippen LogP contribution < -0.4 is 9.64 Å². The second-order valence-electron chi connectivity index (χ2n) is 10.7. The number of aryl methyl sites for hydroxylation is 1. The van der Waals surface area contributed by atoms with Crippen molar-refractivity contribution in [1.82, 2.24) is 0 Å². The molecular formula is C33H39N2O+. The third kappa shape index (κ3) is 4.51. The minimum Gasteiger partial charge on any atom is -0.497 e. The average molecular weight is 480 g/mol. The van der Waals surface area contributed by atoms with Crippen LogP contribution in [0.4, 0.5) is 11.4 Å². The van der Waals surface area contributed by atoms with E-state index in [2.05, 4.69) is 143 Å². The first-order chi connectivity index (χ1) is 17.1. The molecule has 36 heavy (non-hydrogen) atoms. The number of nitrogens with zero attached hydrogens (tertiary/aromatic N) is 2. The SMILES string of the molecule is COc1ccc2c(c1)C(C)(C)\C(=C/C=C/C=C/C=C/C=C/C1=[N+](C)c3ccc(C)cc3C1(C)C)N2C. The standard InChI is InChI=1S/C33H39N2O/c1-24-18-20-28-26(22-24)32(2,3)30(34(28)6)16-14-12-10-9-11-13-15-17-31-33(4,5)27-23-25(36-8)19-21-29(27)35(31)7/h9-23H,1-8H3/q+1. The zero-order chi connectivity index (χ0) is 26.1. The number of hydrogen-bond acceptors (Lipinski definition) is 2. The van der Waals surface area contributed by atoms with Crippen LogP contribution in [0.15, 0.2) is 96.8 Å². The largest absolute Gasteiger partial charge is 0.497 e. The third-order valence-electron chi connectivity index (χ3n) is 7.60. The molecule has 2 aromatic rings. The Hall–Kier alpha value is -3.59. The Bertz CT molecular complexity index is 1350. The molecule has 0 unspecified atom stereocenters. The molecule has 186 valence electrons. The van der Waals surface area contributed by atoms with Crippen molar-refractivity contribution in [2.24, 2.45) is 0 Å². The number of methoxy groups -OCH3 is 1. The fourth-order valence-corrected chi connectivity index (χ4v) is 5.51. The summed E-state index contributed by atoms with van der Waals surface area (Å²) >= 11 is 0. The summed E-state index contributed by atoms with van der Waals surface area (Å²) in [4.78, 5) is 2.27. The van der Waals surface area contributed by atoms with Crippen molar-refractivity contribution >= 4 is 17.1 Å². The smallest absolute Gasteiger partial charge is 0.209 e. The van der Waals surface area contributed by atoms with Gasteiger partial charge in [-0.15, -0.1) is 0 Å². The fourth-order valence-electron chi connectivity index (χ4n) is 5.51. The van der Waals surface area contributed by atoms with Gasteiger partial charge in [0, 0.05) is 41.6 Å². The Kier molecular flexibility index (Phi) is 6.95. The highest BCUT2D eigenvalue weighted by Crippen LogP contribution is 2.48. The first-order valence-electron chi connectivity index (χ1n) is 12.6. The summed E-state index contributed by atoms with van der Waals surface area (Å²) in [5, 5.41) is 0. The molecule has 0 radical (unpaired) electrons. The van der Waals surface area contributed by atoms with Gasteiger partial charge in [0.15, 0.2) is 5.71 Å². The zero-order valence-corrected chi connectivity index (χ0v) is 23.0. The lowest BCUT2D eigenvalue weighted by Crippen LogP contribution is -2.26. The fraction of sp³-hybridized carbons (Fsp3) is 0.303. The van der Waals surface area contributed by atoms with Gasteiger partial charge in [0.05, 0.1) is 12.5 Å². The van der Waals surface area contributed by atoms with E-state index in [1.165, 1.54) is 39.5 Å². The minimum atomic E-state index is -0.0748. The van der Waals surface area contributed by atoms with E-state index in [4.69, 9.17) is 4.74 Å². The Labute approximate surface area is 217 Å². The lowest BCUT2D eigenvalue weighted by Gasteiger charge is -2.23. The van der Waals surface area contributed by atoms with Gasteiger partial charge >= 0.3 is 0 Å². The van der Waals surface area contributed by atoms with Gasteiger partial charge in [0.2, 0.25) is 5.69 Å². The van der Waals surface area contributed by atoms with Crippen molar-refractivity contribution in [2.75, 3.05) is 26.1 Å².